The Morgan fingerprint density at radius 3 is 2.42 bits per heavy atom. The van der Waals surface area contributed by atoms with Crippen molar-refractivity contribution in [2.24, 2.45) is 11.7 Å². The van der Waals surface area contributed by atoms with Gasteiger partial charge >= 0.3 is 0 Å². The first kappa shape index (κ1) is 14.8. The zero-order valence-electron chi connectivity index (χ0n) is 11.4. The second-order valence-electron chi connectivity index (χ2n) is 5.67. The van der Waals surface area contributed by atoms with Crippen molar-refractivity contribution in [1.82, 2.24) is 0 Å². The van der Waals surface area contributed by atoms with Gasteiger partial charge in [0.05, 0.1) is 0 Å². The van der Waals surface area contributed by atoms with E-state index >= 15 is 0 Å². The molecule has 0 heterocycles. The molecule has 0 saturated heterocycles. The zero-order valence-corrected chi connectivity index (χ0v) is 12.1. The van der Waals surface area contributed by atoms with E-state index in [2.05, 4.69) is 0 Å². The van der Waals surface area contributed by atoms with Gasteiger partial charge in [-0.05, 0) is 37.3 Å². The molecule has 2 N–H and O–H groups in total. The van der Waals surface area contributed by atoms with Crippen LogP contribution in [0.5, 0.6) is 0 Å². The van der Waals surface area contributed by atoms with Crippen LogP contribution >= 0.6 is 11.6 Å². The molecule has 1 aliphatic carbocycles. The Labute approximate surface area is 120 Å². The van der Waals surface area contributed by atoms with Crippen molar-refractivity contribution in [3.8, 4) is 0 Å². The van der Waals surface area contributed by atoms with E-state index in [1.807, 2.05) is 0 Å². The molecule has 106 valence electrons. The van der Waals surface area contributed by atoms with Crippen LogP contribution in [0.3, 0.4) is 0 Å². The van der Waals surface area contributed by atoms with Gasteiger partial charge in [-0.2, -0.15) is 0 Å². The largest absolute Gasteiger partial charge is 0.327 e. The third-order valence-corrected chi connectivity index (χ3v) is 4.61. The van der Waals surface area contributed by atoms with E-state index < -0.39 is 0 Å². The lowest BCUT2D eigenvalue weighted by molar-refractivity contribution is 0.320. The molecule has 0 spiro atoms. The lowest BCUT2D eigenvalue weighted by Gasteiger charge is -2.26. The number of hydrogen-bond acceptors (Lipinski definition) is 1. The standard InChI is InChI=1S/C16H23ClFN/c17-14-9-6-10-15(18)13(14)11-16(19)12-7-4-2-1-3-5-8-12/h6,9-10,12,16H,1-5,7-8,11,19H2. The molecule has 0 amide bonds. The first-order valence-corrected chi connectivity index (χ1v) is 7.74. The van der Waals surface area contributed by atoms with Crippen molar-refractivity contribution in [2.45, 2.75) is 57.4 Å². The molecule has 1 aromatic carbocycles. The summed E-state index contributed by atoms with van der Waals surface area (Å²) >= 11 is 6.08. The van der Waals surface area contributed by atoms with Gasteiger partial charge in [0.25, 0.3) is 0 Å². The topological polar surface area (TPSA) is 26.0 Å². The molecular formula is C16H23ClFN. The highest BCUT2D eigenvalue weighted by Gasteiger charge is 2.21. The average Bonchev–Trinajstić information content (AvgIpc) is 2.33. The predicted octanol–water partition coefficient (Wildman–Crippen LogP) is 4.71. The smallest absolute Gasteiger partial charge is 0.127 e. The summed E-state index contributed by atoms with van der Waals surface area (Å²) in [4.78, 5) is 0. The van der Waals surface area contributed by atoms with Crippen molar-refractivity contribution in [1.29, 1.82) is 0 Å². The van der Waals surface area contributed by atoms with Crippen molar-refractivity contribution in [2.75, 3.05) is 0 Å². The quantitative estimate of drug-likeness (QED) is 0.854. The fourth-order valence-corrected chi connectivity index (χ4v) is 3.29. The van der Waals surface area contributed by atoms with Gasteiger partial charge in [-0.1, -0.05) is 49.8 Å². The molecule has 1 fully saturated rings. The predicted molar refractivity (Wildman–Crippen MR) is 78.9 cm³/mol. The van der Waals surface area contributed by atoms with Crippen LogP contribution in [0.15, 0.2) is 18.2 Å². The Hall–Kier alpha value is -0.600. The molecule has 1 atom stereocenters. The van der Waals surface area contributed by atoms with Gasteiger partial charge in [0, 0.05) is 16.6 Å². The first-order chi connectivity index (χ1) is 9.18. The van der Waals surface area contributed by atoms with Gasteiger partial charge in [-0.25, -0.2) is 4.39 Å². The summed E-state index contributed by atoms with van der Waals surface area (Å²) in [7, 11) is 0. The van der Waals surface area contributed by atoms with Crippen LogP contribution in [0.1, 0.15) is 50.5 Å². The van der Waals surface area contributed by atoms with Crippen molar-refractivity contribution in [3.05, 3.63) is 34.6 Å². The third kappa shape index (κ3) is 4.19. The maximum absolute atomic E-state index is 13.8. The van der Waals surface area contributed by atoms with Gasteiger partial charge in [0.2, 0.25) is 0 Å². The summed E-state index contributed by atoms with van der Waals surface area (Å²) in [6, 6.07) is 4.87. The SMILES string of the molecule is NC(Cc1c(F)cccc1Cl)C1CCCCCCC1. The Morgan fingerprint density at radius 1 is 1.16 bits per heavy atom. The summed E-state index contributed by atoms with van der Waals surface area (Å²) < 4.78 is 13.8. The number of nitrogens with two attached hydrogens (primary N) is 1. The molecule has 2 rings (SSSR count). The van der Waals surface area contributed by atoms with E-state index in [0.29, 0.717) is 22.9 Å². The summed E-state index contributed by atoms with van der Waals surface area (Å²) in [6.07, 6.45) is 9.37. The Kier molecular flexibility index (Phi) is 5.65. The Bertz CT molecular complexity index is 379. The molecule has 0 radical (unpaired) electrons. The van der Waals surface area contributed by atoms with Crippen molar-refractivity contribution in [3.63, 3.8) is 0 Å². The molecule has 1 unspecified atom stereocenters. The number of benzene rings is 1. The molecule has 1 aromatic rings. The van der Waals surface area contributed by atoms with E-state index in [-0.39, 0.29) is 11.9 Å². The van der Waals surface area contributed by atoms with Gasteiger partial charge in [-0.15, -0.1) is 0 Å². The van der Waals surface area contributed by atoms with E-state index in [1.54, 1.807) is 12.1 Å². The lowest BCUT2D eigenvalue weighted by atomic mass is 9.84. The Balaban J connectivity index is 2.00. The number of halogens is 2. The molecule has 0 aromatic heterocycles. The molecule has 1 aliphatic rings. The molecule has 0 bridgehead atoms. The first-order valence-electron chi connectivity index (χ1n) is 7.37. The third-order valence-electron chi connectivity index (χ3n) is 4.26. The Morgan fingerprint density at radius 2 is 1.79 bits per heavy atom. The maximum Gasteiger partial charge on any atom is 0.127 e. The van der Waals surface area contributed by atoms with Crippen LogP contribution < -0.4 is 5.73 Å². The van der Waals surface area contributed by atoms with Crippen molar-refractivity contribution >= 4 is 11.6 Å². The van der Waals surface area contributed by atoms with E-state index in [9.17, 15) is 4.39 Å². The second kappa shape index (κ2) is 7.25. The summed E-state index contributed by atoms with van der Waals surface area (Å²) in [5.41, 5.74) is 6.90. The zero-order chi connectivity index (χ0) is 13.7. The highest BCUT2D eigenvalue weighted by atomic mass is 35.5. The van der Waals surface area contributed by atoms with Crippen LogP contribution in [0.25, 0.3) is 0 Å². The van der Waals surface area contributed by atoms with Crippen molar-refractivity contribution < 1.29 is 4.39 Å². The highest BCUT2D eigenvalue weighted by Crippen LogP contribution is 2.28. The van der Waals surface area contributed by atoms with E-state index in [4.69, 9.17) is 17.3 Å². The minimum atomic E-state index is -0.228. The van der Waals surface area contributed by atoms with Crippen LogP contribution in [0, 0.1) is 11.7 Å². The molecule has 3 heteroatoms. The number of rotatable bonds is 3. The summed E-state index contributed by atoms with van der Waals surface area (Å²) in [5.74, 6) is 0.282. The molecule has 19 heavy (non-hydrogen) atoms. The average molecular weight is 284 g/mol. The molecule has 1 saturated carbocycles. The van der Waals surface area contributed by atoms with Crippen LogP contribution in [0.2, 0.25) is 5.02 Å². The van der Waals surface area contributed by atoms with Crippen LogP contribution in [-0.2, 0) is 6.42 Å². The van der Waals surface area contributed by atoms with Crippen LogP contribution in [0.4, 0.5) is 4.39 Å². The monoisotopic (exact) mass is 283 g/mol. The second-order valence-corrected chi connectivity index (χ2v) is 6.08. The minimum absolute atomic E-state index is 0.0208. The fourth-order valence-electron chi connectivity index (χ4n) is 3.05. The normalized spacial score (nSPS) is 19.7. The fraction of sp³-hybridized carbons (Fsp3) is 0.625. The van der Waals surface area contributed by atoms with Gasteiger partial charge in [0.15, 0.2) is 0 Å². The summed E-state index contributed by atoms with van der Waals surface area (Å²) in [6.45, 7) is 0. The van der Waals surface area contributed by atoms with Gasteiger partial charge in [-0.3, -0.25) is 0 Å². The highest BCUT2D eigenvalue weighted by molar-refractivity contribution is 6.31. The number of hydrogen-bond donors (Lipinski definition) is 1. The molecule has 1 nitrogen and oxygen atoms in total. The van der Waals surface area contributed by atoms with E-state index in [0.717, 1.165) is 0 Å². The van der Waals surface area contributed by atoms with Gasteiger partial charge < -0.3 is 5.73 Å². The maximum atomic E-state index is 13.8. The molecular weight excluding hydrogens is 261 g/mol. The van der Waals surface area contributed by atoms with Crippen LogP contribution in [-0.4, -0.2) is 6.04 Å². The molecule has 0 aliphatic heterocycles. The van der Waals surface area contributed by atoms with Gasteiger partial charge in [0.1, 0.15) is 5.82 Å². The van der Waals surface area contributed by atoms with E-state index in [1.165, 1.54) is 51.0 Å². The summed E-state index contributed by atoms with van der Waals surface area (Å²) in [5, 5.41) is 0.501. The minimum Gasteiger partial charge on any atom is -0.327 e. The lowest BCUT2D eigenvalue weighted by Crippen LogP contribution is -2.33.